The number of rotatable bonds is 3. The number of fused-ring (bicyclic) bond motifs is 1. The van der Waals surface area contributed by atoms with Crippen molar-refractivity contribution in [2.75, 3.05) is 6.54 Å². The van der Waals surface area contributed by atoms with Gasteiger partial charge in [-0.15, -0.1) is 0 Å². The van der Waals surface area contributed by atoms with Crippen LogP contribution in [0.5, 0.6) is 0 Å². The molecule has 1 aromatic rings. The van der Waals surface area contributed by atoms with Gasteiger partial charge in [0.05, 0.1) is 10.0 Å². The summed E-state index contributed by atoms with van der Waals surface area (Å²) in [6.07, 6.45) is 0. The van der Waals surface area contributed by atoms with Crippen LogP contribution < -0.4 is 5.32 Å². The third-order valence-corrected chi connectivity index (χ3v) is 4.43. The molecule has 1 aromatic carbocycles. The van der Waals surface area contributed by atoms with Crippen LogP contribution in [0.15, 0.2) is 11.6 Å². The molecular formula is C15H13Cl2NO5. The highest BCUT2D eigenvalue weighted by atomic mass is 35.5. The number of carbonyl (C=O) groups is 3. The molecular weight excluding hydrogens is 345 g/mol. The van der Waals surface area contributed by atoms with E-state index in [9.17, 15) is 19.5 Å². The molecule has 0 radical (unpaired) electrons. The van der Waals surface area contributed by atoms with E-state index in [0.29, 0.717) is 11.1 Å². The summed E-state index contributed by atoms with van der Waals surface area (Å²) in [5.41, 5.74) is 0.698. The number of halogens is 2. The summed E-state index contributed by atoms with van der Waals surface area (Å²) in [5, 5.41) is 21.5. The van der Waals surface area contributed by atoms with Crippen LogP contribution in [-0.2, 0) is 14.4 Å². The predicted octanol–water partition coefficient (Wildman–Crippen LogP) is 2.46. The predicted molar refractivity (Wildman–Crippen MR) is 84.8 cm³/mol. The van der Waals surface area contributed by atoms with E-state index in [2.05, 4.69) is 5.32 Å². The number of aryl methyl sites for hydroxylation is 1. The van der Waals surface area contributed by atoms with Gasteiger partial charge >= 0.3 is 5.97 Å². The number of amides is 1. The van der Waals surface area contributed by atoms with Crippen LogP contribution in [0, 0.1) is 6.92 Å². The highest BCUT2D eigenvalue weighted by molar-refractivity contribution is 6.43. The normalized spacial score (nSPS) is 17.0. The molecule has 0 aliphatic heterocycles. The zero-order valence-corrected chi connectivity index (χ0v) is 13.7. The number of benzene rings is 1. The Morgan fingerprint density at radius 3 is 2.52 bits per heavy atom. The first-order valence-corrected chi connectivity index (χ1v) is 7.38. The van der Waals surface area contributed by atoms with E-state index in [0.717, 1.165) is 0 Å². The number of carbonyl (C=O) groups excluding carboxylic acids is 2. The first kappa shape index (κ1) is 17.3. The van der Waals surface area contributed by atoms with Crippen molar-refractivity contribution in [3.05, 3.63) is 38.4 Å². The smallest absolute Gasteiger partial charge is 0.322 e. The Balaban J connectivity index is 2.63. The van der Waals surface area contributed by atoms with Gasteiger partial charge in [0.2, 0.25) is 0 Å². The topological polar surface area (TPSA) is 104 Å². The lowest BCUT2D eigenvalue weighted by Gasteiger charge is -2.26. The molecule has 6 nitrogen and oxygen atoms in total. The number of hydrogen-bond donors (Lipinski definition) is 3. The minimum Gasteiger partial charge on any atom is -0.506 e. The van der Waals surface area contributed by atoms with Gasteiger partial charge in [-0.1, -0.05) is 30.1 Å². The molecule has 1 amide bonds. The van der Waals surface area contributed by atoms with Crippen molar-refractivity contribution in [2.24, 2.45) is 0 Å². The SMILES string of the molecule is Cc1cc(Cl)c(Cl)c2c1C(O)=C(C(=O)NCC(=O)O)C(=O)C2C. The average Bonchev–Trinajstić information content (AvgIpc) is 2.46. The molecule has 1 aliphatic carbocycles. The number of Topliss-reactive ketones (excluding diaryl/α,β-unsaturated/α-hetero) is 1. The van der Waals surface area contributed by atoms with E-state index in [1.165, 1.54) is 6.07 Å². The highest BCUT2D eigenvalue weighted by Gasteiger charge is 2.38. The van der Waals surface area contributed by atoms with Gasteiger partial charge < -0.3 is 15.5 Å². The molecule has 122 valence electrons. The van der Waals surface area contributed by atoms with Crippen molar-refractivity contribution in [1.29, 1.82) is 0 Å². The van der Waals surface area contributed by atoms with Gasteiger partial charge in [-0.3, -0.25) is 14.4 Å². The molecule has 0 fully saturated rings. The molecule has 23 heavy (non-hydrogen) atoms. The van der Waals surface area contributed by atoms with E-state index < -0.39 is 41.5 Å². The summed E-state index contributed by atoms with van der Waals surface area (Å²) in [7, 11) is 0. The Morgan fingerprint density at radius 1 is 1.35 bits per heavy atom. The lowest BCUT2D eigenvalue weighted by molar-refractivity contribution is -0.137. The maximum absolute atomic E-state index is 12.4. The van der Waals surface area contributed by atoms with E-state index in [4.69, 9.17) is 28.3 Å². The molecule has 1 atom stereocenters. The number of aliphatic hydroxyl groups is 1. The Kier molecular flexibility index (Phi) is 4.68. The van der Waals surface area contributed by atoms with Crippen molar-refractivity contribution in [3.8, 4) is 0 Å². The molecule has 2 rings (SSSR count). The minimum atomic E-state index is -1.26. The third-order valence-electron chi connectivity index (χ3n) is 3.63. The standard InChI is InChI=1S/C15H13Cl2NO5/c1-5-3-7(16)12(17)10-6(2)13(21)11(14(22)9(5)10)15(23)18-4-8(19)20/h3,6,22H,4H2,1-2H3,(H,18,23)(H,19,20). The van der Waals surface area contributed by atoms with Gasteiger partial charge in [-0.2, -0.15) is 0 Å². The Morgan fingerprint density at radius 2 is 1.96 bits per heavy atom. The summed E-state index contributed by atoms with van der Waals surface area (Å²) >= 11 is 12.2. The Bertz CT molecular complexity index is 770. The summed E-state index contributed by atoms with van der Waals surface area (Å²) in [6.45, 7) is 2.54. The summed E-state index contributed by atoms with van der Waals surface area (Å²) < 4.78 is 0. The van der Waals surface area contributed by atoms with Gasteiger partial charge in [-0.05, 0) is 24.1 Å². The fourth-order valence-electron chi connectivity index (χ4n) is 2.55. The molecule has 0 bridgehead atoms. The van der Waals surface area contributed by atoms with Crippen molar-refractivity contribution in [3.63, 3.8) is 0 Å². The molecule has 3 N–H and O–H groups in total. The fraction of sp³-hybridized carbons (Fsp3) is 0.267. The van der Waals surface area contributed by atoms with Crippen molar-refractivity contribution in [1.82, 2.24) is 5.32 Å². The highest BCUT2D eigenvalue weighted by Crippen LogP contribution is 2.43. The Hall–Kier alpha value is -2.05. The first-order chi connectivity index (χ1) is 10.7. The number of nitrogens with one attached hydrogen (secondary N) is 1. The first-order valence-electron chi connectivity index (χ1n) is 6.63. The molecule has 1 unspecified atom stereocenters. The van der Waals surface area contributed by atoms with Crippen molar-refractivity contribution < 1.29 is 24.6 Å². The molecule has 0 saturated heterocycles. The largest absolute Gasteiger partial charge is 0.506 e. The van der Waals surface area contributed by atoms with Crippen LogP contribution in [0.1, 0.15) is 29.5 Å². The maximum atomic E-state index is 12.4. The quantitative estimate of drug-likeness (QED) is 0.720. The second kappa shape index (κ2) is 6.22. The molecule has 0 heterocycles. The number of aliphatic hydroxyl groups excluding tert-OH is 1. The molecule has 0 aromatic heterocycles. The van der Waals surface area contributed by atoms with Crippen LogP contribution in [-0.4, -0.2) is 34.4 Å². The van der Waals surface area contributed by atoms with Crippen molar-refractivity contribution >= 4 is 46.6 Å². The summed E-state index contributed by atoms with van der Waals surface area (Å²) in [6, 6.07) is 1.52. The van der Waals surface area contributed by atoms with Crippen LogP contribution >= 0.6 is 23.2 Å². The lowest BCUT2D eigenvalue weighted by Crippen LogP contribution is -2.36. The van der Waals surface area contributed by atoms with E-state index in [-0.39, 0.29) is 15.6 Å². The van der Waals surface area contributed by atoms with E-state index in [1.54, 1.807) is 13.8 Å². The number of carboxylic acids is 1. The van der Waals surface area contributed by atoms with Crippen LogP contribution in [0.4, 0.5) is 0 Å². The number of ketones is 1. The average molecular weight is 358 g/mol. The van der Waals surface area contributed by atoms with E-state index >= 15 is 0 Å². The fourth-order valence-corrected chi connectivity index (χ4v) is 3.13. The van der Waals surface area contributed by atoms with E-state index in [1.807, 2.05) is 0 Å². The van der Waals surface area contributed by atoms with Gasteiger partial charge in [-0.25, -0.2) is 0 Å². The number of carboxylic acid groups (broad SMARTS) is 1. The third kappa shape index (κ3) is 2.92. The second-order valence-corrected chi connectivity index (χ2v) is 5.95. The Labute approximate surface area is 141 Å². The minimum absolute atomic E-state index is 0.143. The second-order valence-electron chi connectivity index (χ2n) is 5.16. The van der Waals surface area contributed by atoms with Crippen LogP contribution in [0.2, 0.25) is 10.0 Å². The molecule has 0 spiro atoms. The molecule has 8 heteroatoms. The maximum Gasteiger partial charge on any atom is 0.322 e. The lowest BCUT2D eigenvalue weighted by atomic mass is 9.80. The van der Waals surface area contributed by atoms with Crippen LogP contribution in [0.3, 0.4) is 0 Å². The van der Waals surface area contributed by atoms with Gasteiger partial charge in [0.25, 0.3) is 5.91 Å². The van der Waals surface area contributed by atoms with Crippen LogP contribution in [0.25, 0.3) is 5.76 Å². The zero-order chi connectivity index (χ0) is 17.5. The summed E-state index contributed by atoms with van der Waals surface area (Å²) in [4.78, 5) is 35.0. The molecule has 0 saturated carbocycles. The summed E-state index contributed by atoms with van der Waals surface area (Å²) in [5.74, 6) is -4.18. The zero-order valence-electron chi connectivity index (χ0n) is 12.2. The monoisotopic (exact) mass is 357 g/mol. The van der Waals surface area contributed by atoms with Crippen molar-refractivity contribution in [2.45, 2.75) is 19.8 Å². The number of aliphatic carboxylic acids is 1. The van der Waals surface area contributed by atoms with Gasteiger partial charge in [0.1, 0.15) is 17.9 Å². The number of hydrogen-bond acceptors (Lipinski definition) is 4. The molecule has 1 aliphatic rings. The van der Waals surface area contributed by atoms with Gasteiger partial charge in [0.15, 0.2) is 5.78 Å². The van der Waals surface area contributed by atoms with Gasteiger partial charge in [0, 0.05) is 11.5 Å².